The zero-order chi connectivity index (χ0) is 20.1. The average Bonchev–Trinajstić information content (AvgIpc) is 3.26. The number of hydrogen-bond donors (Lipinski definition) is 0. The molecular formula is C19H20N2O4S3. The maximum atomic E-state index is 12.4. The Kier molecular flexibility index (Phi) is 4.71. The largest absolute Gasteiger partial charge is 0.361 e. The number of hydrogen-bond acceptors (Lipinski definition) is 7. The van der Waals surface area contributed by atoms with E-state index in [1.165, 1.54) is 12.1 Å². The molecule has 6 nitrogen and oxygen atoms in total. The fourth-order valence-electron chi connectivity index (χ4n) is 3.60. The Hall–Kier alpha value is -1.97. The van der Waals surface area contributed by atoms with Gasteiger partial charge >= 0.3 is 0 Å². The Labute approximate surface area is 168 Å². The van der Waals surface area contributed by atoms with Crippen LogP contribution in [0.5, 0.6) is 0 Å². The highest BCUT2D eigenvalue weighted by Gasteiger charge is 2.32. The number of sulfone groups is 2. The maximum absolute atomic E-state index is 12.4. The lowest BCUT2D eigenvalue weighted by Gasteiger charge is -2.27. The molecule has 0 spiro atoms. The van der Waals surface area contributed by atoms with Gasteiger partial charge in [-0.15, -0.1) is 11.3 Å². The Morgan fingerprint density at radius 1 is 1.04 bits per heavy atom. The number of aromatic nitrogens is 1. The van der Waals surface area contributed by atoms with Crippen LogP contribution in [0.2, 0.25) is 0 Å². The molecule has 1 unspecified atom stereocenters. The molecule has 28 heavy (non-hydrogen) atoms. The Morgan fingerprint density at radius 2 is 1.79 bits per heavy atom. The van der Waals surface area contributed by atoms with Crippen LogP contribution >= 0.6 is 11.3 Å². The van der Waals surface area contributed by atoms with Gasteiger partial charge < -0.3 is 4.90 Å². The summed E-state index contributed by atoms with van der Waals surface area (Å²) in [5, 5.41) is 0.949. The van der Waals surface area contributed by atoms with E-state index >= 15 is 0 Å². The standard InChI is InChI=1S/C19H20N2O4S3/c1-27(22,23)13-9-10-15(18(12-13)28(2,24)25)21-11-5-7-16(21)19-20-14-6-3-4-8-17(14)26-19/h3-4,6,8-10,12,16H,5,7,11H2,1-2H3. The molecule has 1 aliphatic heterocycles. The summed E-state index contributed by atoms with van der Waals surface area (Å²) in [4.78, 5) is 6.84. The van der Waals surface area contributed by atoms with Crippen molar-refractivity contribution in [3.05, 3.63) is 47.5 Å². The lowest BCUT2D eigenvalue weighted by atomic mass is 10.2. The van der Waals surface area contributed by atoms with Crippen LogP contribution < -0.4 is 4.90 Å². The van der Waals surface area contributed by atoms with E-state index in [1.807, 2.05) is 29.2 Å². The van der Waals surface area contributed by atoms with Gasteiger partial charge in [0.05, 0.1) is 31.7 Å². The van der Waals surface area contributed by atoms with Crippen molar-refractivity contribution in [1.82, 2.24) is 4.98 Å². The summed E-state index contributed by atoms with van der Waals surface area (Å²) in [6.07, 6.45) is 3.98. The number of nitrogens with zero attached hydrogens (tertiary/aromatic N) is 2. The van der Waals surface area contributed by atoms with Gasteiger partial charge in [0.2, 0.25) is 0 Å². The normalized spacial score (nSPS) is 18.1. The lowest BCUT2D eigenvalue weighted by Crippen LogP contribution is -2.24. The van der Waals surface area contributed by atoms with Crippen molar-refractivity contribution < 1.29 is 16.8 Å². The van der Waals surface area contributed by atoms with Crippen molar-refractivity contribution in [2.75, 3.05) is 24.0 Å². The SMILES string of the molecule is CS(=O)(=O)c1ccc(N2CCCC2c2nc3ccccc3s2)c(S(C)(=O)=O)c1. The molecule has 0 saturated carbocycles. The van der Waals surface area contributed by atoms with E-state index in [4.69, 9.17) is 4.98 Å². The molecule has 9 heteroatoms. The van der Waals surface area contributed by atoms with E-state index in [-0.39, 0.29) is 15.8 Å². The molecule has 1 atom stereocenters. The summed E-state index contributed by atoms with van der Waals surface area (Å²) in [7, 11) is -7.11. The van der Waals surface area contributed by atoms with Crippen LogP contribution in [0.1, 0.15) is 23.9 Å². The molecule has 0 bridgehead atoms. The van der Waals surface area contributed by atoms with E-state index in [2.05, 4.69) is 0 Å². The molecule has 0 amide bonds. The van der Waals surface area contributed by atoms with Crippen LogP contribution in [0.15, 0.2) is 52.3 Å². The van der Waals surface area contributed by atoms with Gasteiger partial charge in [0.15, 0.2) is 19.7 Å². The van der Waals surface area contributed by atoms with E-state index in [9.17, 15) is 16.8 Å². The van der Waals surface area contributed by atoms with Crippen LogP contribution in [-0.4, -0.2) is 40.9 Å². The van der Waals surface area contributed by atoms with Gasteiger partial charge in [-0.2, -0.15) is 0 Å². The van der Waals surface area contributed by atoms with Crippen LogP contribution in [-0.2, 0) is 19.7 Å². The quantitative estimate of drug-likeness (QED) is 0.623. The lowest BCUT2D eigenvalue weighted by molar-refractivity contribution is 0.599. The van der Waals surface area contributed by atoms with Crippen LogP contribution in [0.25, 0.3) is 10.2 Å². The Balaban J connectivity index is 1.83. The molecule has 1 aliphatic rings. The molecule has 0 radical (unpaired) electrons. The number of anilines is 1. The Morgan fingerprint density at radius 3 is 2.46 bits per heavy atom. The molecule has 0 N–H and O–H groups in total. The molecule has 1 aromatic heterocycles. The molecule has 0 aliphatic carbocycles. The van der Waals surface area contributed by atoms with Crippen molar-refractivity contribution in [3.63, 3.8) is 0 Å². The molecular weight excluding hydrogens is 416 g/mol. The second-order valence-electron chi connectivity index (χ2n) is 7.05. The highest BCUT2D eigenvalue weighted by molar-refractivity contribution is 7.91. The predicted octanol–water partition coefficient (Wildman–Crippen LogP) is 3.44. The summed E-state index contributed by atoms with van der Waals surface area (Å²) in [6, 6.07) is 12.3. The molecule has 1 saturated heterocycles. The van der Waals surface area contributed by atoms with Crippen molar-refractivity contribution in [1.29, 1.82) is 0 Å². The Bertz CT molecular complexity index is 1230. The van der Waals surface area contributed by atoms with E-state index in [0.717, 1.165) is 40.6 Å². The fraction of sp³-hybridized carbons (Fsp3) is 0.316. The monoisotopic (exact) mass is 436 g/mol. The second kappa shape index (κ2) is 6.82. The van der Waals surface area contributed by atoms with Crippen LogP contribution in [0.4, 0.5) is 5.69 Å². The van der Waals surface area contributed by atoms with Gasteiger partial charge in [-0.05, 0) is 43.2 Å². The first kappa shape index (κ1) is 19.4. The van der Waals surface area contributed by atoms with Crippen LogP contribution in [0.3, 0.4) is 0 Å². The van der Waals surface area contributed by atoms with Crippen molar-refractivity contribution in [2.45, 2.75) is 28.7 Å². The van der Waals surface area contributed by atoms with Crippen molar-refractivity contribution in [3.8, 4) is 0 Å². The summed E-state index contributed by atoms with van der Waals surface area (Å²) in [6.45, 7) is 0.696. The summed E-state index contributed by atoms with van der Waals surface area (Å²) in [5.41, 5.74) is 1.47. The number of para-hydroxylation sites is 1. The van der Waals surface area contributed by atoms with Gasteiger partial charge in [0, 0.05) is 19.1 Å². The van der Waals surface area contributed by atoms with Gasteiger partial charge in [-0.3, -0.25) is 0 Å². The number of thiazole rings is 1. The second-order valence-corrected chi connectivity index (χ2v) is 12.1. The number of benzene rings is 2. The summed E-state index contributed by atoms with van der Waals surface area (Å²) < 4.78 is 49.8. The highest BCUT2D eigenvalue weighted by atomic mass is 32.2. The fourth-order valence-corrected chi connectivity index (χ4v) is 6.35. The molecule has 148 valence electrons. The van der Waals surface area contributed by atoms with E-state index < -0.39 is 19.7 Å². The predicted molar refractivity (Wildman–Crippen MR) is 112 cm³/mol. The van der Waals surface area contributed by atoms with E-state index in [0.29, 0.717) is 12.2 Å². The third-order valence-electron chi connectivity index (χ3n) is 4.92. The van der Waals surface area contributed by atoms with Crippen molar-refractivity contribution in [2.24, 2.45) is 0 Å². The molecule has 2 heterocycles. The first-order chi connectivity index (χ1) is 13.1. The number of rotatable bonds is 4. The topological polar surface area (TPSA) is 84.4 Å². The molecule has 4 rings (SSSR count). The summed E-state index contributed by atoms with van der Waals surface area (Å²) in [5.74, 6) is 0. The molecule has 1 fully saturated rings. The minimum atomic E-state index is -3.61. The zero-order valence-corrected chi connectivity index (χ0v) is 17.9. The van der Waals surface area contributed by atoms with Crippen LogP contribution in [0, 0.1) is 0 Å². The first-order valence-corrected chi connectivity index (χ1v) is 13.4. The van der Waals surface area contributed by atoms with Gasteiger partial charge in [0.1, 0.15) is 5.01 Å². The van der Waals surface area contributed by atoms with E-state index in [1.54, 1.807) is 17.4 Å². The highest BCUT2D eigenvalue weighted by Crippen LogP contribution is 2.41. The zero-order valence-electron chi connectivity index (χ0n) is 15.5. The average molecular weight is 437 g/mol. The molecule has 2 aromatic carbocycles. The third-order valence-corrected chi connectivity index (χ3v) is 8.29. The summed E-state index contributed by atoms with van der Waals surface area (Å²) >= 11 is 1.62. The minimum Gasteiger partial charge on any atom is -0.361 e. The smallest absolute Gasteiger partial charge is 0.177 e. The first-order valence-electron chi connectivity index (χ1n) is 8.81. The van der Waals surface area contributed by atoms with Gasteiger partial charge in [-0.25, -0.2) is 21.8 Å². The van der Waals surface area contributed by atoms with Gasteiger partial charge in [-0.1, -0.05) is 12.1 Å². The maximum Gasteiger partial charge on any atom is 0.177 e. The molecule has 3 aromatic rings. The van der Waals surface area contributed by atoms with Crippen molar-refractivity contribution >= 4 is 46.9 Å². The minimum absolute atomic E-state index is 0.00686. The van der Waals surface area contributed by atoms with Gasteiger partial charge in [0.25, 0.3) is 0 Å². The number of fused-ring (bicyclic) bond motifs is 1. The third kappa shape index (κ3) is 3.54.